The van der Waals surface area contributed by atoms with Crippen molar-refractivity contribution in [1.82, 2.24) is 5.32 Å². The summed E-state index contributed by atoms with van der Waals surface area (Å²) in [4.78, 5) is 12.4. The highest BCUT2D eigenvalue weighted by Gasteiger charge is 2.50. The molecule has 34 heavy (non-hydrogen) atoms. The number of nitrogens with one attached hydrogen (secondary N) is 1. The zero-order valence-corrected chi connectivity index (χ0v) is 22.4. The summed E-state index contributed by atoms with van der Waals surface area (Å²) in [6.45, 7) is 11.5. The second kappa shape index (κ2) is 10.9. The third-order valence-electron chi connectivity index (χ3n) is 5.08. The summed E-state index contributed by atoms with van der Waals surface area (Å²) in [6, 6.07) is 19.0. The van der Waals surface area contributed by atoms with Crippen LogP contribution in [0.2, 0.25) is 5.04 Å². The van der Waals surface area contributed by atoms with Gasteiger partial charge in [0.25, 0.3) is 18.4 Å². The molecule has 0 bridgehead atoms. The summed E-state index contributed by atoms with van der Waals surface area (Å²) in [5, 5.41) is 5.07. The first kappa shape index (κ1) is 27.8. The summed E-state index contributed by atoms with van der Waals surface area (Å²) in [7, 11) is -7.32. The Bertz CT molecular complexity index is 1030. The van der Waals surface area contributed by atoms with Gasteiger partial charge in [-0.1, -0.05) is 81.4 Å². The lowest BCUT2D eigenvalue weighted by Gasteiger charge is -2.43. The molecule has 2 N–H and O–H groups in total. The van der Waals surface area contributed by atoms with Crippen LogP contribution in [0.1, 0.15) is 41.5 Å². The van der Waals surface area contributed by atoms with Gasteiger partial charge in [-0.05, 0) is 42.3 Å². The highest BCUT2D eigenvalue weighted by Crippen LogP contribution is 2.36. The molecule has 186 valence electrons. The fourth-order valence-electron chi connectivity index (χ4n) is 3.77. The molecule has 0 saturated carbocycles. The maximum Gasteiger partial charge on any atom is 0.408 e. The molecule has 0 fully saturated rings. The van der Waals surface area contributed by atoms with Gasteiger partial charge in [-0.15, -0.1) is 0 Å². The van der Waals surface area contributed by atoms with Gasteiger partial charge in [0, 0.05) is 0 Å². The van der Waals surface area contributed by atoms with Crippen LogP contribution in [0, 0.1) is 0 Å². The zero-order chi connectivity index (χ0) is 25.6. The Kier molecular flexibility index (Phi) is 8.87. The standard InChI is InChI=1S/C25H35NO6SSi/c1-24(2,3)32-23(27)26-20(17-18-33(28,29)30)19-31-34(25(4,5)6,21-13-9-7-10-14-21)22-15-11-8-12-16-22/h7-18,20H,19H2,1-6H3,(H,26,27)(H,28,29,30)/b18-17+. The van der Waals surface area contributed by atoms with Crippen LogP contribution in [0.5, 0.6) is 0 Å². The molecule has 0 aliphatic heterocycles. The van der Waals surface area contributed by atoms with Crippen LogP contribution >= 0.6 is 0 Å². The first-order valence-electron chi connectivity index (χ1n) is 11.0. The van der Waals surface area contributed by atoms with Gasteiger partial charge < -0.3 is 14.5 Å². The first-order chi connectivity index (χ1) is 15.6. The van der Waals surface area contributed by atoms with Crippen molar-refractivity contribution >= 4 is 34.9 Å². The Labute approximate surface area is 204 Å². The molecule has 9 heteroatoms. The highest BCUT2D eigenvalue weighted by molar-refractivity contribution is 7.88. The number of rotatable bonds is 8. The van der Waals surface area contributed by atoms with Crippen LogP contribution < -0.4 is 15.7 Å². The predicted octanol–water partition coefficient (Wildman–Crippen LogP) is 3.86. The molecular weight excluding hydrogens is 470 g/mol. The zero-order valence-electron chi connectivity index (χ0n) is 20.6. The van der Waals surface area contributed by atoms with Crippen molar-refractivity contribution in [2.75, 3.05) is 6.61 Å². The van der Waals surface area contributed by atoms with Gasteiger partial charge in [-0.25, -0.2) is 4.79 Å². The van der Waals surface area contributed by atoms with Crippen LogP contribution in [0.25, 0.3) is 0 Å². The molecule has 0 heterocycles. The number of hydrogen-bond acceptors (Lipinski definition) is 5. The molecule has 2 aromatic rings. The molecule has 2 rings (SSSR count). The molecular formula is C25H35NO6SSi. The second-order valence-electron chi connectivity index (χ2n) is 10.1. The van der Waals surface area contributed by atoms with Gasteiger partial charge >= 0.3 is 6.09 Å². The van der Waals surface area contributed by atoms with Gasteiger partial charge in [0.05, 0.1) is 18.1 Å². The normalized spacial score (nSPS) is 14.1. The molecule has 1 atom stereocenters. The van der Waals surface area contributed by atoms with Crippen molar-refractivity contribution in [1.29, 1.82) is 0 Å². The first-order valence-corrected chi connectivity index (χ1v) is 14.5. The Balaban J connectivity index is 2.50. The average molecular weight is 506 g/mol. The highest BCUT2D eigenvalue weighted by atomic mass is 32.2. The van der Waals surface area contributed by atoms with Crippen LogP contribution in [-0.2, 0) is 19.3 Å². The van der Waals surface area contributed by atoms with Crippen molar-refractivity contribution in [3.8, 4) is 0 Å². The number of carbonyl (C=O) groups excluding carboxylic acids is 1. The summed E-state index contributed by atoms with van der Waals surface area (Å²) >= 11 is 0. The monoisotopic (exact) mass is 505 g/mol. The van der Waals surface area contributed by atoms with Gasteiger partial charge in [-0.3, -0.25) is 4.55 Å². The van der Waals surface area contributed by atoms with Crippen molar-refractivity contribution in [2.45, 2.75) is 58.2 Å². The quantitative estimate of drug-likeness (QED) is 0.417. The van der Waals surface area contributed by atoms with E-state index in [1.807, 2.05) is 60.7 Å². The van der Waals surface area contributed by atoms with E-state index in [0.717, 1.165) is 10.4 Å². The summed E-state index contributed by atoms with van der Waals surface area (Å²) in [5.41, 5.74) is -0.736. The van der Waals surface area contributed by atoms with Crippen molar-refractivity contribution < 1.29 is 26.9 Å². The van der Waals surface area contributed by atoms with E-state index < -0.39 is 36.2 Å². The van der Waals surface area contributed by atoms with E-state index in [1.54, 1.807) is 20.8 Å². The Hall–Kier alpha value is -2.46. The fourth-order valence-corrected chi connectivity index (χ4v) is 8.75. The molecule has 0 radical (unpaired) electrons. The molecule has 0 spiro atoms. The van der Waals surface area contributed by atoms with Gasteiger partial charge in [0.2, 0.25) is 0 Å². The number of benzene rings is 2. The van der Waals surface area contributed by atoms with Gasteiger partial charge in [-0.2, -0.15) is 8.42 Å². The number of ether oxygens (including phenoxy) is 1. The third-order valence-corrected chi connectivity index (χ3v) is 10.6. The van der Waals surface area contributed by atoms with E-state index >= 15 is 0 Å². The van der Waals surface area contributed by atoms with Crippen molar-refractivity contribution in [2.24, 2.45) is 0 Å². The molecule has 0 aromatic heterocycles. The SMILES string of the molecule is CC(C)(C)OC(=O)NC(/C=C/S(=O)(=O)O)CO[Si](c1ccccc1)(c1ccccc1)C(C)(C)C. The van der Waals surface area contributed by atoms with E-state index in [4.69, 9.17) is 9.16 Å². The fraction of sp³-hybridized carbons (Fsp3) is 0.400. The maximum absolute atomic E-state index is 12.4. The van der Waals surface area contributed by atoms with Gasteiger partial charge in [0.1, 0.15) is 5.60 Å². The Morgan fingerprint density at radius 1 is 0.971 bits per heavy atom. The Morgan fingerprint density at radius 3 is 1.82 bits per heavy atom. The van der Waals surface area contributed by atoms with Crippen LogP contribution in [0.4, 0.5) is 4.79 Å². The number of hydrogen-bond donors (Lipinski definition) is 2. The lowest BCUT2D eigenvalue weighted by Crippen LogP contribution is -2.67. The van der Waals surface area contributed by atoms with E-state index in [1.165, 1.54) is 6.08 Å². The van der Waals surface area contributed by atoms with Crippen LogP contribution in [0.15, 0.2) is 72.1 Å². The summed E-state index contributed by atoms with van der Waals surface area (Å²) < 4.78 is 44.0. The predicted molar refractivity (Wildman–Crippen MR) is 137 cm³/mol. The largest absolute Gasteiger partial charge is 0.444 e. The Morgan fingerprint density at radius 2 is 1.44 bits per heavy atom. The van der Waals surface area contributed by atoms with E-state index in [-0.39, 0.29) is 11.6 Å². The minimum absolute atomic E-state index is 0.0292. The molecule has 2 aromatic carbocycles. The van der Waals surface area contributed by atoms with Crippen molar-refractivity contribution in [3.63, 3.8) is 0 Å². The number of carbonyl (C=O) groups is 1. The summed E-state index contributed by atoms with van der Waals surface area (Å²) in [6.07, 6.45) is 0.473. The van der Waals surface area contributed by atoms with E-state index in [9.17, 15) is 17.8 Å². The molecule has 7 nitrogen and oxygen atoms in total. The third kappa shape index (κ3) is 7.80. The smallest absolute Gasteiger partial charge is 0.408 e. The molecule has 0 aliphatic rings. The van der Waals surface area contributed by atoms with E-state index in [0.29, 0.717) is 5.41 Å². The molecule has 0 saturated heterocycles. The summed E-state index contributed by atoms with van der Waals surface area (Å²) in [5.74, 6) is 0. The minimum Gasteiger partial charge on any atom is -0.444 e. The molecule has 0 aliphatic carbocycles. The van der Waals surface area contributed by atoms with Crippen LogP contribution in [-0.4, -0.2) is 45.6 Å². The molecule has 1 unspecified atom stereocenters. The topological polar surface area (TPSA) is 102 Å². The average Bonchev–Trinajstić information content (AvgIpc) is 2.71. The van der Waals surface area contributed by atoms with Gasteiger partial charge in [0.15, 0.2) is 0 Å². The minimum atomic E-state index is -4.39. The molecule has 1 amide bonds. The lowest BCUT2D eigenvalue weighted by atomic mass is 10.2. The maximum atomic E-state index is 12.4. The second-order valence-corrected chi connectivity index (χ2v) is 15.7. The number of alkyl carbamates (subject to hydrolysis) is 1. The van der Waals surface area contributed by atoms with Crippen molar-refractivity contribution in [3.05, 3.63) is 72.1 Å². The van der Waals surface area contributed by atoms with E-state index in [2.05, 4.69) is 26.1 Å². The number of amides is 1. The van der Waals surface area contributed by atoms with Crippen LogP contribution in [0.3, 0.4) is 0 Å². The lowest BCUT2D eigenvalue weighted by molar-refractivity contribution is 0.0500.